The average Bonchev–Trinajstić information content (AvgIpc) is 2.41. The minimum atomic E-state index is 0.237. The standard InChI is InChI=1S/C17H16N2/c1-12-3-8-17(13(2)9-12)15-6-4-14(5-7-15)16(10-18)11-19/h3-4,6,8,13H,1,5,7,9H2,2H3/b17-15-. The highest BCUT2D eigenvalue weighted by Gasteiger charge is 2.17. The highest BCUT2D eigenvalue weighted by atomic mass is 14.3. The summed E-state index contributed by atoms with van der Waals surface area (Å²) in [5, 5.41) is 17.7. The minimum Gasteiger partial charge on any atom is -0.192 e. The summed E-state index contributed by atoms with van der Waals surface area (Å²) in [5.41, 5.74) is 4.94. The van der Waals surface area contributed by atoms with E-state index in [1.54, 1.807) is 0 Å². The summed E-state index contributed by atoms with van der Waals surface area (Å²) in [7, 11) is 0. The molecule has 94 valence electrons. The molecule has 0 aromatic carbocycles. The Morgan fingerprint density at radius 3 is 2.42 bits per heavy atom. The first-order valence-electron chi connectivity index (χ1n) is 6.46. The maximum absolute atomic E-state index is 8.87. The first-order chi connectivity index (χ1) is 9.15. The maximum atomic E-state index is 8.87. The number of rotatable bonds is 0. The van der Waals surface area contributed by atoms with Crippen molar-refractivity contribution in [2.45, 2.75) is 26.2 Å². The Balaban J connectivity index is 2.34. The van der Waals surface area contributed by atoms with E-state index in [-0.39, 0.29) is 5.57 Å². The summed E-state index contributed by atoms with van der Waals surface area (Å²) >= 11 is 0. The molecule has 0 fully saturated rings. The van der Waals surface area contributed by atoms with Crippen LogP contribution in [0.3, 0.4) is 0 Å². The van der Waals surface area contributed by atoms with Crippen molar-refractivity contribution in [3.8, 4) is 12.1 Å². The van der Waals surface area contributed by atoms with Crippen LogP contribution in [-0.2, 0) is 0 Å². The summed E-state index contributed by atoms with van der Waals surface area (Å²) < 4.78 is 0. The van der Waals surface area contributed by atoms with Crippen molar-refractivity contribution in [1.82, 2.24) is 0 Å². The first kappa shape index (κ1) is 13.1. The molecule has 1 unspecified atom stereocenters. The lowest BCUT2D eigenvalue weighted by molar-refractivity contribution is 0.673. The molecule has 0 aromatic heterocycles. The fraction of sp³-hybridized carbons (Fsp3) is 0.294. The minimum absolute atomic E-state index is 0.237. The molecule has 0 amide bonds. The van der Waals surface area contributed by atoms with Crippen molar-refractivity contribution < 1.29 is 0 Å². The zero-order valence-corrected chi connectivity index (χ0v) is 11.1. The van der Waals surface area contributed by atoms with Crippen molar-refractivity contribution in [3.63, 3.8) is 0 Å². The lowest BCUT2D eigenvalue weighted by Gasteiger charge is -2.23. The molecule has 0 bridgehead atoms. The lowest BCUT2D eigenvalue weighted by Crippen LogP contribution is -2.07. The van der Waals surface area contributed by atoms with Crippen LogP contribution in [0.25, 0.3) is 0 Å². The molecule has 2 aliphatic rings. The van der Waals surface area contributed by atoms with E-state index in [2.05, 4.69) is 31.7 Å². The molecule has 0 aliphatic heterocycles. The number of nitrogens with zero attached hydrogens (tertiary/aromatic N) is 2. The Labute approximate surface area is 114 Å². The van der Waals surface area contributed by atoms with Crippen LogP contribution in [0, 0.1) is 28.6 Å². The van der Waals surface area contributed by atoms with Crippen LogP contribution in [0.4, 0.5) is 0 Å². The SMILES string of the molecule is C=C1C=C/C(=C2\C=CC(=C(C#N)C#N)CC2)C(C)C1. The summed E-state index contributed by atoms with van der Waals surface area (Å²) in [6.45, 7) is 6.21. The number of nitriles is 2. The molecule has 0 radical (unpaired) electrons. The first-order valence-corrected chi connectivity index (χ1v) is 6.46. The van der Waals surface area contributed by atoms with Crippen molar-refractivity contribution in [2.24, 2.45) is 5.92 Å². The van der Waals surface area contributed by atoms with Gasteiger partial charge in [0.15, 0.2) is 0 Å². The molecule has 0 spiro atoms. The quantitative estimate of drug-likeness (QED) is 0.605. The fourth-order valence-corrected chi connectivity index (χ4v) is 2.62. The van der Waals surface area contributed by atoms with Crippen molar-refractivity contribution in [2.75, 3.05) is 0 Å². The van der Waals surface area contributed by atoms with Crippen LogP contribution in [0.1, 0.15) is 26.2 Å². The average molecular weight is 248 g/mol. The topological polar surface area (TPSA) is 47.6 Å². The molecule has 1 atom stereocenters. The Kier molecular flexibility index (Phi) is 3.83. The van der Waals surface area contributed by atoms with Crippen LogP contribution in [-0.4, -0.2) is 0 Å². The highest BCUT2D eigenvalue weighted by Crippen LogP contribution is 2.33. The van der Waals surface area contributed by atoms with Gasteiger partial charge in [0.05, 0.1) is 0 Å². The molecule has 2 nitrogen and oxygen atoms in total. The van der Waals surface area contributed by atoms with Crippen LogP contribution in [0.2, 0.25) is 0 Å². The summed E-state index contributed by atoms with van der Waals surface area (Å²) in [6.07, 6.45) is 10.9. The molecule has 2 heteroatoms. The Bertz CT molecular complexity index is 597. The van der Waals surface area contributed by atoms with Crippen molar-refractivity contribution >= 4 is 0 Å². The number of hydrogen-bond acceptors (Lipinski definition) is 2. The molecular formula is C17H16N2. The van der Waals surface area contributed by atoms with E-state index in [4.69, 9.17) is 10.5 Å². The lowest BCUT2D eigenvalue weighted by atomic mass is 9.82. The van der Waals surface area contributed by atoms with E-state index in [1.165, 1.54) is 16.7 Å². The molecule has 0 N–H and O–H groups in total. The molecule has 0 aromatic rings. The second-order valence-corrected chi connectivity index (χ2v) is 5.03. The molecular weight excluding hydrogens is 232 g/mol. The second-order valence-electron chi connectivity index (χ2n) is 5.03. The van der Waals surface area contributed by atoms with Gasteiger partial charge in [0.2, 0.25) is 0 Å². The smallest absolute Gasteiger partial charge is 0.132 e. The molecule has 0 heterocycles. The van der Waals surface area contributed by atoms with Crippen LogP contribution < -0.4 is 0 Å². The fourth-order valence-electron chi connectivity index (χ4n) is 2.62. The predicted molar refractivity (Wildman–Crippen MR) is 75.7 cm³/mol. The van der Waals surface area contributed by atoms with Gasteiger partial charge in [-0.3, -0.25) is 0 Å². The van der Waals surface area contributed by atoms with Gasteiger partial charge in [-0.15, -0.1) is 0 Å². The normalized spacial score (nSPS) is 25.9. The van der Waals surface area contributed by atoms with Gasteiger partial charge in [-0.25, -0.2) is 0 Å². The van der Waals surface area contributed by atoms with E-state index in [0.717, 1.165) is 24.8 Å². The van der Waals surface area contributed by atoms with Gasteiger partial charge in [-0.1, -0.05) is 43.4 Å². The Morgan fingerprint density at radius 1 is 1.16 bits per heavy atom. The molecule has 0 saturated heterocycles. The van der Waals surface area contributed by atoms with Gasteiger partial charge >= 0.3 is 0 Å². The van der Waals surface area contributed by atoms with E-state index >= 15 is 0 Å². The summed E-state index contributed by atoms with van der Waals surface area (Å²) in [5.74, 6) is 0.495. The third kappa shape index (κ3) is 2.75. The zero-order chi connectivity index (χ0) is 13.8. The summed E-state index contributed by atoms with van der Waals surface area (Å²) in [6, 6.07) is 3.91. The van der Waals surface area contributed by atoms with E-state index in [9.17, 15) is 0 Å². The van der Waals surface area contributed by atoms with Crippen LogP contribution >= 0.6 is 0 Å². The second kappa shape index (κ2) is 5.55. The molecule has 2 aliphatic carbocycles. The molecule has 19 heavy (non-hydrogen) atoms. The Morgan fingerprint density at radius 2 is 1.89 bits per heavy atom. The largest absolute Gasteiger partial charge is 0.192 e. The van der Waals surface area contributed by atoms with Gasteiger partial charge in [-0.05, 0) is 41.9 Å². The molecule has 0 saturated carbocycles. The van der Waals surface area contributed by atoms with Crippen LogP contribution in [0.5, 0.6) is 0 Å². The Hall–Kier alpha value is -2.32. The monoisotopic (exact) mass is 248 g/mol. The van der Waals surface area contributed by atoms with Crippen LogP contribution in [0.15, 0.2) is 58.7 Å². The highest BCUT2D eigenvalue weighted by molar-refractivity contribution is 5.50. The van der Waals surface area contributed by atoms with Crippen molar-refractivity contribution in [3.05, 3.63) is 58.7 Å². The van der Waals surface area contributed by atoms with Gasteiger partial charge in [0.25, 0.3) is 0 Å². The van der Waals surface area contributed by atoms with E-state index in [0.29, 0.717) is 5.92 Å². The zero-order valence-electron chi connectivity index (χ0n) is 11.1. The summed E-state index contributed by atoms with van der Waals surface area (Å²) in [4.78, 5) is 0. The third-order valence-electron chi connectivity index (χ3n) is 3.66. The van der Waals surface area contributed by atoms with Crippen molar-refractivity contribution in [1.29, 1.82) is 10.5 Å². The molecule has 2 rings (SSSR count). The van der Waals surface area contributed by atoms with Gasteiger partial charge in [-0.2, -0.15) is 10.5 Å². The van der Waals surface area contributed by atoms with E-state index < -0.39 is 0 Å². The van der Waals surface area contributed by atoms with Gasteiger partial charge < -0.3 is 0 Å². The maximum Gasteiger partial charge on any atom is 0.132 e. The predicted octanol–water partition coefficient (Wildman–Crippen LogP) is 4.13. The van der Waals surface area contributed by atoms with Gasteiger partial charge in [0, 0.05) is 0 Å². The van der Waals surface area contributed by atoms with Gasteiger partial charge in [0.1, 0.15) is 17.7 Å². The van der Waals surface area contributed by atoms with E-state index in [1.807, 2.05) is 18.2 Å². The third-order valence-corrected chi connectivity index (χ3v) is 3.66. The number of allylic oxidation sites excluding steroid dienone is 9. The number of hydrogen-bond donors (Lipinski definition) is 0.